The van der Waals surface area contributed by atoms with Gasteiger partial charge in [-0.3, -0.25) is 9.30 Å². The number of aryl methyl sites for hydroxylation is 1. The molecule has 32 heavy (non-hydrogen) atoms. The highest BCUT2D eigenvalue weighted by atomic mass is 16.5. The third-order valence-electron chi connectivity index (χ3n) is 6.87. The molecule has 0 amide bonds. The first kappa shape index (κ1) is 19.6. The summed E-state index contributed by atoms with van der Waals surface area (Å²) in [6, 6.07) is 3.18. The van der Waals surface area contributed by atoms with Crippen molar-refractivity contribution in [2.75, 3.05) is 31.6 Å². The molecule has 0 atom stereocenters. The standard InChI is InChI=1S/C23H28N8O/c1-16-12-25-23-26-13-17(15-30(16)23)20-6-7-31-21(20)14-24-22(28-31)27-18-2-4-19(5-3-18)29-8-10-32-11-9-29/h6-7,12-15,18-19H,2-5,8-11H2,1H3,(H,27,28)/t18-,19-. The van der Waals surface area contributed by atoms with Gasteiger partial charge in [-0.2, -0.15) is 0 Å². The molecule has 0 bridgehead atoms. The topological polar surface area (TPSA) is 84.9 Å². The molecular weight excluding hydrogens is 404 g/mol. The average molecular weight is 433 g/mol. The second-order valence-electron chi connectivity index (χ2n) is 8.85. The van der Waals surface area contributed by atoms with Crippen molar-refractivity contribution < 1.29 is 4.74 Å². The van der Waals surface area contributed by atoms with Crippen molar-refractivity contribution in [1.82, 2.24) is 33.9 Å². The van der Waals surface area contributed by atoms with Crippen molar-refractivity contribution in [2.24, 2.45) is 0 Å². The molecule has 0 unspecified atom stereocenters. The minimum absolute atomic E-state index is 0.426. The minimum atomic E-state index is 0.426. The van der Waals surface area contributed by atoms with Gasteiger partial charge < -0.3 is 10.1 Å². The van der Waals surface area contributed by atoms with E-state index in [1.165, 1.54) is 12.8 Å². The number of rotatable bonds is 4. The van der Waals surface area contributed by atoms with E-state index in [4.69, 9.17) is 9.84 Å². The van der Waals surface area contributed by atoms with Gasteiger partial charge in [0.2, 0.25) is 11.7 Å². The summed E-state index contributed by atoms with van der Waals surface area (Å²) in [5, 5.41) is 8.28. The highest BCUT2D eigenvalue weighted by Crippen LogP contribution is 2.27. The monoisotopic (exact) mass is 432 g/mol. The van der Waals surface area contributed by atoms with Crippen LogP contribution in [0.4, 0.5) is 5.95 Å². The molecule has 166 valence electrons. The summed E-state index contributed by atoms with van der Waals surface area (Å²) in [7, 11) is 0. The molecule has 1 aliphatic carbocycles. The van der Waals surface area contributed by atoms with Crippen LogP contribution in [0.3, 0.4) is 0 Å². The van der Waals surface area contributed by atoms with Gasteiger partial charge >= 0.3 is 0 Å². The van der Waals surface area contributed by atoms with Crippen LogP contribution in [0.5, 0.6) is 0 Å². The van der Waals surface area contributed by atoms with Crippen LogP contribution in [0.25, 0.3) is 22.4 Å². The first-order valence-corrected chi connectivity index (χ1v) is 11.5. The summed E-state index contributed by atoms with van der Waals surface area (Å²) in [6.45, 7) is 5.91. The van der Waals surface area contributed by atoms with E-state index in [1.54, 1.807) is 0 Å². The zero-order valence-electron chi connectivity index (χ0n) is 18.3. The predicted octanol–water partition coefficient (Wildman–Crippen LogP) is 2.80. The number of nitrogens with one attached hydrogen (secondary N) is 1. The number of aromatic nitrogens is 6. The molecule has 2 fully saturated rings. The number of morpholine rings is 1. The molecular formula is C23H28N8O. The SMILES string of the molecule is Cc1cnc2ncc(-c3ccn4nc(N[C@H]5CC[C@H](N6CCOCC6)CC5)ncc34)cn12. The third-order valence-corrected chi connectivity index (χ3v) is 6.87. The molecule has 1 saturated carbocycles. The van der Waals surface area contributed by atoms with Gasteiger partial charge in [-0.25, -0.2) is 19.5 Å². The Bertz CT molecular complexity index is 1230. The molecule has 9 heteroatoms. The lowest BCUT2D eigenvalue weighted by atomic mass is 9.90. The Hall–Kier alpha value is -3.04. The first-order chi connectivity index (χ1) is 15.7. The molecule has 9 nitrogen and oxygen atoms in total. The maximum Gasteiger partial charge on any atom is 0.241 e. The molecule has 4 aromatic rings. The summed E-state index contributed by atoms with van der Waals surface area (Å²) < 4.78 is 9.40. The molecule has 0 radical (unpaired) electrons. The van der Waals surface area contributed by atoms with E-state index in [-0.39, 0.29) is 0 Å². The van der Waals surface area contributed by atoms with E-state index in [2.05, 4.69) is 37.4 Å². The molecule has 0 aromatic carbocycles. The van der Waals surface area contributed by atoms with Crippen LogP contribution >= 0.6 is 0 Å². The Morgan fingerprint density at radius 1 is 1.00 bits per heavy atom. The van der Waals surface area contributed by atoms with Gasteiger partial charge in [0, 0.05) is 60.6 Å². The smallest absolute Gasteiger partial charge is 0.241 e. The number of imidazole rings is 1. The van der Waals surface area contributed by atoms with Crippen LogP contribution in [0.15, 0.2) is 37.1 Å². The summed E-state index contributed by atoms with van der Waals surface area (Å²) in [5.74, 6) is 1.40. The Morgan fingerprint density at radius 2 is 1.81 bits per heavy atom. The van der Waals surface area contributed by atoms with Crippen molar-refractivity contribution in [2.45, 2.75) is 44.7 Å². The Kier molecular flexibility index (Phi) is 4.99. The Balaban J connectivity index is 1.16. The van der Waals surface area contributed by atoms with Gasteiger partial charge in [-0.05, 0) is 38.7 Å². The van der Waals surface area contributed by atoms with E-state index in [0.29, 0.717) is 23.8 Å². The first-order valence-electron chi connectivity index (χ1n) is 11.5. The van der Waals surface area contributed by atoms with Gasteiger partial charge in [0.25, 0.3) is 0 Å². The van der Waals surface area contributed by atoms with Crippen LogP contribution in [0.1, 0.15) is 31.4 Å². The second-order valence-corrected chi connectivity index (χ2v) is 8.85. The molecule has 6 rings (SSSR count). The number of hydrogen-bond acceptors (Lipinski definition) is 7. The fourth-order valence-electron chi connectivity index (χ4n) is 5.05. The molecule has 5 heterocycles. The molecule has 1 N–H and O–H groups in total. The summed E-state index contributed by atoms with van der Waals surface area (Å²) in [5.41, 5.74) is 4.10. The number of fused-ring (bicyclic) bond motifs is 2. The van der Waals surface area contributed by atoms with Crippen molar-refractivity contribution in [1.29, 1.82) is 0 Å². The Morgan fingerprint density at radius 3 is 2.66 bits per heavy atom. The number of hydrogen-bond donors (Lipinski definition) is 1. The van der Waals surface area contributed by atoms with Crippen molar-refractivity contribution in [3.63, 3.8) is 0 Å². The zero-order chi connectivity index (χ0) is 21.5. The maximum atomic E-state index is 5.50. The molecule has 1 aliphatic heterocycles. The number of nitrogens with zero attached hydrogens (tertiary/aromatic N) is 7. The quantitative estimate of drug-likeness (QED) is 0.531. The molecule has 1 saturated heterocycles. The van der Waals surface area contributed by atoms with Gasteiger partial charge in [-0.15, -0.1) is 5.10 Å². The van der Waals surface area contributed by atoms with E-state index < -0.39 is 0 Å². The van der Waals surface area contributed by atoms with E-state index in [9.17, 15) is 0 Å². The van der Waals surface area contributed by atoms with Crippen LogP contribution in [0, 0.1) is 6.92 Å². The van der Waals surface area contributed by atoms with Crippen molar-refractivity contribution in [3.8, 4) is 11.1 Å². The summed E-state index contributed by atoms with van der Waals surface area (Å²) >= 11 is 0. The predicted molar refractivity (Wildman–Crippen MR) is 122 cm³/mol. The summed E-state index contributed by atoms with van der Waals surface area (Å²) in [4.78, 5) is 16.0. The van der Waals surface area contributed by atoms with Crippen LogP contribution < -0.4 is 5.32 Å². The minimum Gasteiger partial charge on any atom is -0.379 e. The molecule has 4 aromatic heterocycles. The van der Waals surface area contributed by atoms with Gasteiger partial charge in [0.05, 0.1) is 31.1 Å². The Labute approximate surface area is 186 Å². The molecule has 0 spiro atoms. The van der Waals surface area contributed by atoms with Gasteiger partial charge in [0.1, 0.15) is 0 Å². The zero-order valence-corrected chi connectivity index (χ0v) is 18.3. The highest BCUT2D eigenvalue weighted by Gasteiger charge is 2.27. The van der Waals surface area contributed by atoms with E-state index >= 15 is 0 Å². The number of anilines is 1. The van der Waals surface area contributed by atoms with E-state index in [0.717, 1.165) is 61.5 Å². The highest BCUT2D eigenvalue weighted by molar-refractivity contribution is 5.79. The fraction of sp³-hybridized carbons (Fsp3) is 0.478. The van der Waals surface area contributed by atoms with E-state index in [1.807, 2.05) is 40.6 Å². The fourth-order valence-corrected chi connectivity index (χ4v) is 5.05. The number of ether oxygens (including phenoxy) is 1. The van der Waals surface area contributed by atoms with Crippen molar-refractivity contribution >= 4 is 17.2 Å². The largest absolute Gasteiger partial charge is 0.379 e. The lowest BCUT2D eigenvalue weighted by Crippen LogP contribution is -2.46. The van der Waals surface area contributed by atoms with Gasteiger partial charge in [-0.1, -0.05) is 0 Å². The van der Waals surface area contributed by atoms with Crippen LogP contribution in [0.2, 0.25) is 0 Å². The second kappa shape index (κ2) is 8.14. The average Bonchev–Trinajstić information content (AvgIpc) is 3.43. The lowest BCUT2D eigenvalue weighted by molar-refractivity contribution is 0.00790. The molecule has 2 aliphatic rings. The van der Waals surface area contributed by atoms with Crippen LogP contribution in [-0.4, -0.2) is 72.3 Å². The normalized spacial score (nSPS) is 22.5. The third kappa shape index (κ3) is 3.61. The summed E-state index contributed by atoms with van der Waals surface area (Å²) in [6.07, 6.45) is 14.4. The van der Waals surface area contributed by atoms with Crippen molar-refractivity contribution in [3.05, 3.63) is 42.7 Å². The lowest BCUT2D eigenvalue weighted by Gasteiger charge is -2.38. The van der Waals surface area contributed by atoms with Crippen LogP contribution in [-0.2, 0) is 4.74 Å². The van der Waals surface area contributed by atoms with Gasteiger partial charge in [0.15, 0.2) is 0 Å². The maximum absolute atomic E-state index is 5.50.